The van der Waals surface area contributed by atoms with E-state index in [1.165, 1.54) is 25.4 Å². The van der Waals surface area contributed by atoms with Crippen molar-refractivity contribution in [2.75, 3.05) is 12.8 Å². The molecule has 0 fully saturated rings. The molecule has 0 aliphatic carbocycles. The molecule has 19 heavy (non-hydrogen) atoms. The summed E-state index contributed by atoms with van der Waals surface area (Å²) in [5.74, 6) is -2.56. The summed E-state index contributed by atoms with van der Waals surface area (Å²) in [5.41, 5.74) is 6.65. The van der Waals surface area contributed by atoms with Crippen LogP contribution in [-0.2, 0) is 4.74 Å². The summed E-state index contributed by atoms with van der Waals surface area (Å²) in [5, 5.41) is 0. The van der Waals surface area contributed by atoms with E-state index in [-0.39, 0.29) is 11.4 Å². The quantitative estimate of drug-likeness (QED) is 0.846. The standard InChI is InChI=1S/C13H10F2N2O2/c1-19-13(18)12-11(16)5-8(6-17-12)7-2-3-9(14)10(15)4-7/h2-6H,16H2,1H3. The van der Waals surface area contributed by atoms with Gasteiger partial charge in [0.15, 0.2) is 17.3 Å². The maximum Gasteiger partial charge on any atom is 0.358 e. The molecule has 0 unspecified atom stereocenters. The molecule has 98 valence electrons. The Labute approximate surface area is 107 Å². The maximum absolute atomic E-state index is 13.1. The average molecular weight is 264 g/mol. The van der Waals surface area contributed by atoms with Gasteiger partial charge in [-0.15, -0.1) is 0 Å². The molecule has 0 spiro atoms. The van der Waals surface area contributed by atoms with Crippen LogP contribution in [0.2, 0.25) is 0 Å². The summed E-state index contributed by atoms with van der Waals surface area (Å²) in [6.07, 6.45) is 1.34. The van der Waals surface area contributed by atoms with Gasteiger partial charge in [-0.2, -0.15) is 0 Å². The molecule has 1 aromatic carbocycles. The Morgan fingerprint density at radius 1 is 1.21 bits per heavy atom. The zero-order chi connectivity index (χ0) is 14.0. The van der Waals surface area contributed by atoms with Crippen LogP contribution in [0.15, 0.2) is 30.5 Å². The molecule has 1 heterocycles. The number of pyridine rings is 1. The molecule has 0 saturated heterocycles. The van der Waals surface area contributed by atoms with E-state index in [1.54, 1.807) is 0 Å². The van der Waals surface area contributed by atoms with Gasteiger partial charge in [0.2, 0.25) is 0 Å². The summed E-state index contributed by atoms with van der Waals surface area (Å²) in [6.45, 7) is 0. The van der Waals surface area contributed by atoms with Crippen LogP contribution < -0.4 is 5.73 Å². The lowest BCUT2D eigenvalue weighted by molar-refractivity contribution is 0.0595. The lowest BCUT2D eigenvalue weighted by Gasteiger charge is -2.06. The highest BCUT2D eigenvalue weighted by Crippen LogP contribution is 2.24. The second kappa shape index (κ2) is 5.01. The monoisotopic (exact) mass is 264 g/mol. The van der Waals surface area contributed by atoms with Gasteiger partial charge in [-0.1, -0.05) is 6.07 Å². The normalized spacial score (nSPS) is 10.3. The fourth-order valence-electron chi connectivity index (χ4n) is 1.58. The van der Waals surface area contributed by atoms with Crippen molar-refractivity contribution >= 4 is 11.7 Å². The summed E-state index contributed by atoms with van der Waals surface area (Å²) >= 11 is 0. The SMILES string of the molecule is COC(=O)c1ncc(-c2ccc(F)c(F)c2)cc1N. The zero-order valence-corrected chi connectivity index (χ0v) is 9.98. The molecule has 0 aliphatic rings. The Kier molecular flexibility index (Phi) is 3.41. The van der Waals surface area contributed by atoms with Crippen LogP contribution in [0.25, 0.3) is 11.1 Å². The number of hydrogen-bond donors (Lipinski definition) is 1. The molecule has 0 radical (unpaired) electrons. The molecule has 0 atom stereocenters. The summed E-state index contributed by atoms with van der Waals surface area (Å²) in [4.78, 5) is 15.2. The third-order valence-electron chi connectivity index (χ3n) is 2.55. The molecular formula is C13H10F2N2O2. The number of benzene rings is 1. The van der Waals surface area contributed by atoms with Gasteiger partial charge in [-0.25, -0.2) is 18.6 Å². The van der Waals surface area contributed by atoms with Crippen LogP contribution in [0.1, 0.15) is 10.5 Å². The van der Waals surface area contributed by atoms with Gasteiger partial charge in [-0.05, 0) is 23.8 Å². The van der Waals surface area contributed by atoms with Crippen LogP contribution >= 0.6 is 0 Å². The van der Waals surface area contributed by atoms with Crippen LogP contribution in [0.3, 0.4) is 0 Å². The van der Waals surface area contributed by atoms with Crippen LogP contribution in [0, 0.1) is 11.6 Å². The van der Waals surface area contributed by atoms with Crippen molar-refractivity contribution in [3.63, 3.8) is 0 Å². The number of rotatable bonds is 2. The van der Waals surface area contributed by atoms with Crippen molar-refractivity contribution in [2.45, 2.75) is 0 Å². The Hall–Kier alpha value is -2.50. The number of nitrogens with zero attached hydrogens (tertiary/aromatic N) is 1. The van der Waals surface area contributed by atoms with Gasteiger partial charge in [0.25, 0.3) is 0 Å². The number of nitrogens with two attached hydrogens (primary N) is 1. The van der Waals surface area contributed by atoms with Crippen molar-refractivity contribution in [1.82, 2.24) is 4.98 Å². The molecule has 0 amide bonds. The zero-order valence-electron chi connectivity index (χ0n) is 9.98. The van der Waals surface area contributed by atoms with E-state index in [0.717, 1.165) is 12.1 Å². The predicted molar refractivity (Wildman–Crippen MR) is 65.3 cm³/mol. The Balaban J connectivity index is 2.44. The van der Waals surface area contributed by atoms with Crippen molar-refractivity contribution in [3.8, 4) is 11.1 Å². The summed E-state index contributed by atoms with van der Waals surface area (Å²) in [6, 6.07) is 4.89. The molecule has 4 nitrogen and oxygen atoms in total. The number of anilines is 1. The van der Waals surface area contributed by atoms with E-state index in [9.17, 15) is 13.6 Å². The van der Waals surface area contributed by atoms with E-state index in [4.69, 9.17) is 5.73 Å². The molecule has 2 rings (SSSR count). The molecule has 2 aromatic rings. The molecule has 1 aromatic heterocycles. The second-order valence-electron chi connectivity index (χ2n) is 3.78. The second-order valence-corrected chi connectivity index (χ2v) is 3.78. The fourth-order valence-corrected chi connectivity index (χ4v) is 1.58. The first-order valence-electron chi connectivity index (χ1n) is 5.32. The Morgan fingerprint density at radius 3 is 2.53 bits per heavy atom. The van der Waals surface area contributed by atoms with Gasteiger partial charge >= 0.3 is 5.97 Å². The molecule has 0 aliphatic heterocycles. The maximum atomic E-state index is 13.1. The Morgan fingerprint density at radius 2 is 1.95 bits per heavy atom. The first kappa shape index (κ1) is 12.9. The van der Waals surface area contributed by atoms with Crippen LogP contribution in [0.4, 0.5) is 14.5 Å². The van der Waals surface area contributed by atoms with E-state index < -0.39 is 17.6 Å². The first-order valence-corrected chi connectivity index (χ1v) is 5.32. The largest absolute Gasteiger partial charge is 0.464 e. The average Bonchev–Trinajstić information content (AvgIpc) is 2.41. The highest BCUT2D eigenvalue weighted by atomic mass is 19.2. The number of carbonyl (C=O) groups excluding carboxylic acids is 1. The number of aromatic nitrogens is 1. The minimum Gasteiger partial charge on any atom is -0.464 e. The van der Waals surface area contributed by atoms with E-state index in [0.29, 0.717) is 11.1 Å². The minimum absolute atomic E-state index is 0.0196. The number of carbonyl (C=O) groups is 1. The van der Waals surface area contributed by atoms with Gasteiger partial charge in [0.1, 0.15) is 0 Å². The fraction of sp³-hybridized carbons (Fsp3) is 0.0769. The third kappa shape index (κ3) is 2.52. The van der Waals surface area contributed by atoms with Gasteiger partial charge in [-0.3, -0.25) is 0 Å². The third-order valence-corrected chi connectivity index (χ3v) is 2.55. The van der Waals surface area contributed by atoms with E-state index in [2.05, 4.69) is 9.72 Å². The minimum atomic E-state index is -0.965. The van der Waals surface area contributed by atoms with Gasteiger partial charge < -0.3 is 10.5 Å². The van der Waals surface area contributed by atoms with Crippen LogP contribution in [0.5, 0.6) is 0 Å². The first-order chi connectivity index (χ1) is 9.02. The topological polar surface area (TPSA) is 65.2 Å². The summed E-state index contributed by atoms with van der Waals surface area (Å²) in [7, 11) is 1.21. The van der Waals surface area contributed by atoms with Crippen molar-refractivity contribution < 1.29 is 18.3 Å². The lowest BCUT2D eigenvalue weighted by atomic mass is 10.1. The van der Waals surface area contributed by atoms with Gasteiger partial charge in [0.05, 0.1) is 12.8 Å². The van der Waals surface area contributed by atoms with E-state index >= 15 is 0 Å². The lowest BCUT2D eigenvalue weighted by Crippen LogP contribution is -2.08. The number of nitrogen functional groups attached to an aromatic ring is 1. The van der Waals surface area contributed by atoms with Crippen molar-refractivity contribution in [2.24, 2.45) is 0 Å². The molecule has 0 saturated carbocycles. The van der Waals surface area contributed by atoms with Crippen molar-refractivity contribution in [1.29, 1.82) is 0 Å². The van der Waals surface area contributed by atoms with E-state index in [1.807, 2.05) is 0 Å². The molecular weight excluding hydrogens is 254 g/mol. The van der Waals surface area contributed by atoms with Crippen LogP contribution in [-0.4, -0.2) is 18.1 Å². The summed E-state index contributed by atoms with van der Waals surface area (Å²) < 4.78 is 30.5. The predicted octanol–water partition coefficient (Wildman–Crippen LogP) is 2.40. The Bertz CT molecular complexity index is 645. The number of halogens is 2. The number of ether oxygens (including phenoxy) is 1. The highest BCUT2D eigenvalue weighted by molar-refractivity contribution is 5.93. The molecule has 2 N–H and O–H groups in total. The number of methoxy groups -OCH3 is 1. The van der Waals surface area contributed by atoms with Crippen molar-refractivity contribution in [3.05, 3.63) is 47.8 Å². The highest BCUT2D eigenvalue weighted by Gasteiger charge is 2.13. The number of esters is 1. The van der Waals surface area contributed by atoms with Gasteiger partial charge in [0, 0.05) is 11.8 Å². The molecule has 0 bridgehead atoms. The molecule has 6 heteroatoms. The smallest absolute Gasteiger partial charge is 0.358 e. The number of hydrogen-bond acceptors (Lipinski definition) is 4.